The predicted molar refractivity (Wildman–Crippen MR) is 65.6 cm³/mol. The van der Waals surface area contributed by atoms with Gasteiger partial charge in [-0.15, -0.1) is 0 Å². The number of ether oxygens (including phenoxy) is 2. The smallest absolute Gasteiger partial charge is 0.0709 e. The van der Waals surface area contributed by atoms with Crippen molar-refractivity contribution in [2.24, 2.45) is 5.73 Å². The maximum atomic E-state index is 5.66. The topological polar surface area (TPSA) is 47.7 Å². The zero-order valence-corrected chi connectivity index (χ0v) is 10.7. The molecule has 2 N–H and O–H groups in total. The van der Waals surface area contributed by atoms with Crippen LogP contribution in [-0.2, 0) is 9.47 Å². The van der Waals surface area contributed by atoms with E-state index in [1.807, 2.05) is 6.92 Å². The first-order chi connectivity index (χ1) is 7.77. The molecular formula is C12H26N2O2. The lowest BCUT2D eigenvalue weighted by Gasteiger charge is -2.32. The molecule has 0 aromatic rings. The molecule has 1 rings (SSSR count). The number of nitrogens with two attached hydrogens (primary N) is 1. The minimum Gasteiger partial charge on any atom is -0.381 e. The maximum absolute atomic E-state index is 5.66. The fraction of sp³-hybridized carbons (Fsp3) is 1.00. The summed E-state index contributed by atoms with van der Waals surface area (Å²) < 4.78 is 10.9. The van der Waals surface area contributed by atoms with Crippen molar-refractivity contribution in [3.8, 4) is 0 Å². The van der Waals surface area contributed by atoms with Gasteiger partial charge >= 0.3 is 0 Å². The largest absolute Gasteiger partial charge is 0.381 e. The average molecular weight is 230 g/mol. The van der Waals surface area contributed by atoms with Gasteiger partial charge in [-0.3, -0.25) is 0 Å². The lowest BCUT2D eigenvalue weighted by molar-refractivity contribution is 0.0266. The first-order valence-corrected chi connectivity index (χ1v) is 6.37. The summed E-state index contributed by atoms with van der Waals surface area (Å²) in [6.07, 6.45) is 3.54. The van der Waals surface area contributed by atoms with E-state index in [9.17, 15) is 0 Å². The van der Waals surface area contributed by atoms with Gasteiger partial charge in [0.25, 0.3) is 0 Å². The molecule has 0 aromatic carbocycles. The molecule has 1 aliphatic heterocycles. The third-order valence-electron chi connectivity index (χ3n) is 3.28. The third-order valence-corrected chi connectivity index (χ3v) is 3.28. The Bertz CT molecular complexity index is 172. The van der Waals surface area contributed by atoms with Gasteiger partial charge in [-0.2, -0.15) is 0 Å². The molecule has 4 heteroatoms. The van der Waals surface area contributed by atoms with E-state index in [1.165, 1.54) is 0 Å². The molecule has 0 aliphatic carbocycles. The minimum atomic E-state index is 0.215. The van der Waals surface area contributed by atoms with Crippen LogP contribution in [0.2, 0.25) is 0 Å². The maximum Gasteiger partial charge on any atom is 0.0709 e. The normalized spacial score (nSPS) is 20.2. The third kappa shape index (κ3) is 4.78. The average Bonchev–Trinajstić information content (AvgIpc) is 2.35. The first kappa shape index (κ1) is 13.9. The molecule has 0 amide bonds. The van der Waals surface area contributed by atoms with Crippen LogP contribution in [0.25, 0.3) is 0 Å². The van der Waals surface area contributed by atoms with Crippen LogP contribution in [0, 0.1) is 0 Å². The molecule has 96 valence electrons. The van der Waals surface area contributed by atoms with Crippen LogP contribution in [0.3, 0.4) is 0 Å². The van der Waals surface area contributed by atoms with Crippen LogP contribution in [0.1, 0.15) is 26.2 Å². The van der Waals surface area contributed by atoms with E-state index in [0.717, 1.165) is 45.6 Å². The predicted octanol–water partition coefficient (Wildman–Crippen LogP) is 0.851. The van der Waals surface area contributed by atoms with Gasteiger partial charge < -0.3 is 20.1 Å². The Hall–Kier alpha value is -0.160. The second-order valence-corrected chi connectivity index (χ2v) is 4.43. The summed E-state index contributed by atoms with van der Waals surface area (Å²) in [7, 11) is 2.19. The fourth-order valence-corrected chi connectivity index (χ4v) is 2.16. The molecule has 0 bridgehead atoms. The first-order valence-electron chi connectivity index (χ1n) is 6.37. The standard InChI is InChI=1S/C12H26N2O2/c1-3-16-12(10-13)4-7-14(2)11-5-8-15-9-6-11/h11-12H,3-10,13H2,1-2H3. The summed E-state index contributed by atoms with van der Waals surface area (Å²) >= 11 is 0. The molecule has 0 saturated carbocycles. The van der Waals surface area contributed by atoms with Crippen molar-refractivity contribution in [2.75, 3.05) is 40.0 Å². The highest BCUT2D eigenvalue weighted by Gasteiger charge is 2.19. The SMILES string of the molecule is CCOC(CN)CCN(C)C1CCOCC1. The number of nitrogens with zero attached hydrogens (tertiary/aromatic N) is 1. The van der Waals surface area contributed by atoms with Crippen LogP contribution in [0.15, 0.2) is 0 Å². The summed E-state index contributed by atoms with van der Waals surface area (Å²) in [6, 6.07) is 0.675. The Balaban J connectivity index is 2.19. The van der Waals surface area contributed by atoms with E-state index in [2.05, 4.69) is 11.9 Å². The highest BCUT2D eigenvalue weighted by atomic mass is 16.5. The fourth-order valence-electron chi connectivity index (χ4n) is 2.16. The molecule has 1 unspecified atom stereocenters. The Morgan fingerprint density at radius 2 is 2.12 bits per heavy atom. The van der Waals surface area contributed by atoms with E-state index < -0.39 is 0 Å². The molecule has 1 saturated heterocycles. The van der Waals surface area contributed by atoms with Crippen LogP contribution in [0.4, 0.5) is 0 Å². The second kappa shape index (κ2) is 8.01. The monoisotopic (exact) mass is 230 g/mol. The van der Waals surface area contributed by atoms with E-state index in [4.69, 9.17) is 15.2 Å². The van der Waals surface area contributed by atoms with Gasteiger partial charge in [-0.1, -0.05) is 0 Å². The highest BCUT2D eigenvalue weighted by Crippen LogP contribution is 2.13. The summed E-state index contributed by atoms with van der Waals surface area (Å²) in [6.45, 7) is 6.26. The minimum absolute atomic E-state index is 0.215. The summed E-state index contributed by atoms with van der Waals surface area (Å²) in [5, 5.41) is 0. The van der Waals surface area contributed by atoms with Crippen LogP contribution < -0.4 is 5.73 Å². The molecule has 0 spiro atoms. The quantitative estimate of drug-likeness (QED) is 0.704. The molecule has 16 heavy (non-hydrogen) atoms. The molecule has 1 fully saturated rings. The van der Waals surface area contributed by atoms with Crippen molar-refractivity contribution in [2.45, 2.75) is 38.3 Å². The summed E-state index contributed by atoms with van der Waals surface area (Å²) in [5.74, 6) is 0. The van der Waals surface area contributed by atoms with E-state index >= 15 is 0 Å². The van der Waals surface area contributed by atoms with E-state index in [-0.39, 0.29) is 6.10 Å². The molecular weight excluding hydrogens is 204 g/mol. The van der Waals surface area contributed by atoms with Crippen molar-refractivity contribution in [1.29, 1.82) is 0 Å². The zero-order chi connectivity index (χ0) is 11.8. The Morgan fingerprint density at radius 3 is 2.69 bits per heavy atom. The number of rotatable bonds is 7. The van der Waals surface area contributed by atoms with Crippen molar-refractivity contribution >= 4 is 0 Å². The number of hydrogen-bond acceptors (Lipinski definition) is 4. The summed E-state index contributed by atoms with van der Waals surface area (Å²) in [5.41, 5.74) is 5.66. The highest BCUT2D eigenvalue weighted by molar-refractivity contribution is 4.73. The van der Waals surface area contributed by atoms with Gasteiger partial charge in [0.05, 0.1) is 6.10 Å². The van der Waals surface area contributed by atoms with E-state index in [1.54, 1.807) is 0 Å². The Morgan fingerprint density at radius 1 is 1.44 bits per heavy atom. The van der Waals surface area contributed by atoms with Crippen LogP contribution in [-0.4, -0.2) is 57.0 Å². The second-order valence-electron chi connectivity index (χ2n) is 4.43. The van der Waals surface area contributed by atoms with Crippen molar-refractivity contribution in [3.05, 3.63) is 0 Å². The zero-order valence-electron chi connectivity index (χ0n) is 10.7. The Kier molecular flexibility index (Phi) is 6.96. The molecule has 0 radical (unpaired) electrons. The van der Waals surface area contributed by atoms with Crippen molar-refractivity contribution in [3.63, 3.8) is 0 Å². The summed E-state index contributed by atoms with van der Waals surface area (Å²) in [4.78, 5) is 2.42. The molecule has 1 aliphatic rings. The van der Waals surface area contributed by atoms with Crippen LogP contribution in [0.5, 0.6) is 0 Å². The van der Waals surface area contributed by atoms with Crippen molar-refractivity contribution < 1.29 is 9.47 Å². The van der Waals surface area contributed by atoms with Crippen LogP contribution >= 0.6 is 0 Å². The van der Waals surface area contributed by atoms with Gasteiger partial charge in [-0.05, 0) is 33.2 Å². The molecule has 4 nitrogen and oxygen atoms in total. The van der Waals surface area contributed by atoms with Gasteiger partial charge in [0.2, 0.25) is 0 Å². The molecule has 0 aromatic heterocycles. The van der Waals surface area contributed by atoms with E-state index in [0.29, 0.717) is 12.6 Å². The molecule has 1 heterocycles. The van der Waals surface area contributed by atoms with Gasteiger partial charge in [-0.25, -0.2) is 0 Å². The van der Waals surface area contributed by atoms with Gasteiger partial charge in [0.1, 0.15) is 0 Å². The van der Waals surface area contributed by atoms with Gasteiger partial charge in [0.15, 0.2) is 0 Å². The Labute approximate surface area is 99.1 Å². The lowest BCUT2D eigenvalue weighted by Crippen LogP contribution is -2.39. The number of hydrogen-bond donors (Lipinski definition) is 1. The van der Waals surface area contributed by atoms with Gasteiger partial charge in [0, 0.05) is 39.0 Å². The molecule has 1 atom stereocenters. The van der Waals surface area contributed by atoms with Crippen molar-refractivity contribution in [1.82, 2.24) is 4.90 Å². The lowest BCUT2D eigenvalue weighted by atomic mass is 10.1.